The smallest absolute Gasteiger partial charge is 0.373 e. The zero-order chi connectivity index (χ0) is 34.6. The van der Waals surface area contributed by atoms with Crippen LogP contribution in [0.15, 0.2) is 0 Å². The van der Waals surface area contributed by atoms with Gasteiger partial charge in [-0.2, -0.15) is 0 Å². The average Bonchev–Trinajstić information content (AvgIpc) is 3.08. The second kappa shape index (κ2) is 29.0. The molecule has 9 nitrogen and oxygen atoms in total. The van der Waals surface area contributed by atoms with Gasteiger partial charge >= 0.3 is 26.4 Å². The monoisotopic (exact) mass is 716 g/mol. The first-order valence-electron chi connectivity index (χ1n) is 18.6. The molecule has 0 aliphatic rings. The molecule has 0 bridgehead atoms. The van der Waals surface area contributed by atoms with Crippen LogP contribution in [0, 0.1) is 0 Å². The van der Waals surface area contributed by atoms with Gasteiger partial charge in [0.25, 0.3) is 0 Å². The summed E-state index contributed by atoms with van der Waals surface area (Å²) in [6.07, 6.45) is 8.34. The van der Waals surface area contributed by atoms with Gasteiger partial charge in [0.1, 0.15) is 0 Å². The van der Waals surface area contributed by atoms with Gasteiger partial charge < -0.3 is 39.8 Å². The molecule has 0 saturated heterocycles. The van der Waals surface area contributed by atoms with Gasteiger partial charge in [0.2, 0.25) is 0 Å². The molecule has 0 radical (unpaired) electrons. The van der Waals surface area contributed by atoms with Crippen LogP contribution in [0.25, 0.3) is 0 Å². The summed E-state index contributed by atoms with van der Waals surface area (Å²) in [6, 6.07) is 0.557. The van der Waals surface area contributed by atoms with Crippen molar-refractivity contribution in [1.29, 1.82) is 0 Å². The number of alkyl halides is 1. The summed E-state index contributed by atoms with van der Waals surface area (Å²) in [4.78, 5) is 0. The number of hydrogen-bond acceptors (Lipinski definition) is 9. The van der Waals surface area contributed by atoms with E-state index in [0.29, 0.717) is 78.3 Å². The fourth-order valence-electron chi connectivity index (χ4n) is 4.97. The van der Waals surface area contributed by atoms with Crippen molar-refractivity contribution < 1.29 is 44.2 Å². The zero-order valence-corrected chi connectivity index (χ0v) is 34.3. The lowest BCUT2D eigenvalue weighted by Crippen LogP contribution is -2.56. The minimum atomic E-state index is -3.46. The summed E-state index contributed by atoms with van der Waals surface area (Å²) in [6.45, 7) is 22.5. The van der Waals surface area contributed by atoms with Crippen molar-refractivity contribution in [3.05, 3.63) is 0 Å². The lowest BCUT2D eigenvalue weighted by molar-refractivity contribution is 0.0339. The summed E-state index contributed by atoms with van der Waals surface area (Å²) >= 11 is 0. The lowest BCUT2D eigenvalue weighted by Gasteiger charge is -2.41. The van der Waals surface area contributed by atoms with Crippen LogP contribution >= 0.6 is 0 Å². The molecule has 0 aromatic rings. The lowest BCUT2D eigenvalue weighted by atomic mass is 10.2. The van der Waals surface area contributed by atoms with Gasteiger partial charge in [0.15, 0.2) is 0 Å². The summed E-state index contributed by atoms with van der Waals surface area (Å²) in [5.74, 6) is 0. The Morgan fingerprint density at radius 3 is 0.913 bits per heavy atom. The molecular formula is C33H73FO9Si3. The molecule has 2 unspecified atom stereocenters. The molecular weight excluding hydrogens is 644 g/mol. The van der Waals surface area contributed by atoms with E-state index in [1.807, 2.05) is 20.8 Å². The van der Waals surface area contributed by atoms with Crippen LogP contribution in [-0.4, -0.2) is 92.5 Å². The highest BCUT2D eigenvalue weighted by Crippen LogP contribution is 2.44. The summed E-state index contributed by atoms with van der Waals surface area (Å²) < 4.78 is 74.6. The molecule has 0 fully saturated rings. The maximum Gasteiger partial charge on any atom is 0.506 e. The third-order valence-corrected chi connectivity index (χ3v) is 16.6. The maximum atomic E-state index is 15.5. The quantitative estimate of drug-likeness (QED) is 0.0597. The third-order valence-electron chi connectivity index (χ3n) is 7.18. The Kier molecular flexibility index (Phi) is 29.1. The molecule has 0 aliphatic heterocycles. The minimum Gasteiger partial charge on any atom is -0.373 e. The highest BCUT2D eigenvalue weighted by atomic mass is 28.4. The predicted octanol–water partition coefficient (Wildman–Crippen LogP) is 9.13. The fraction of sp³-hybridized carbons (Fsp3) is 1.00. The van der Waals surface area contributed by atoms with Crippen LogP contribution in [-0.2, 0) is 39.8 Å². The molecule has 0 aromatic carbocycles. The van der Waals surface area contributed by atoms with Gasteiger partial charge in [0, 0.05) is 71.0 Å². The Morgan fingerprint density at radius 2 is 0.652 bits per heavy atom. The van der Waals surface area contributed by atoms with Crippen molar-refractivity contribution in [3.63, 3.8) is 0 Å². The zero-order valence-electron chi connectivity index (χ0n) is 31.3. The normalized spacial score (nSPS) is 14.2. The Morgan fingerprint density at radius 1 is 0.391 bits per heavy atom. The van der Waals surface area contributed by atoms with Gasteiger partial charge in [-0.1, -0.05) is 62.3 Å². The number of hydrogen-bond donors (Lipinski definition) is 0. The summed E-state index contributed by atoms with van der Waals surface area (Å²) in [5, 5.41) is 0. The van der Waals surface area contributed by atoms with Crippen molar-refractivity contribution in [1.82, 2.24) is 0 Å². The Bertz CT molecular complexity index is 619. The van der Waals surface area contributed by atoms with Gasteiger partial charge in [-0.05, 0) is 70.6 Å². The molecule has 0 amide bonds. The van der Waals surface area contributed by atoms with Gasteiger partial charge in [0.05, 0.1) is 12.2 Å². The second-order valence-electron chi connectivity index (χ2n) is 11.8. The average molecular weight is 717 g/mol. The summed E-state index contributed by atoms with van der Waals surface area (Å²) in [5.41, 5.74) is -0.867. The van der Waals surface area contributed by atoms with E-state index in [-0.39, 0.29) is 5.54 Å². The number of halogens is 1. The number of rotatable bonds is 35. The van der Waals surface area contributed by atoms with Crippen molar-refractivity contribution >= 4 is 26.4 Å². The van der Waals surface area contributed by atoms with E-state index >= 15 is 4.39 Å². The van der Waals surface area contributed by atoms with Crippen LogP contribution < -0.4 is 0 Å². The van der Waals surface area contributed by atoms with E-state index in [2.05, 4.69) is 41.5 Å². The standard InChI is InChI=1S/C33H73FO9Si3/c1-10-20-35-44(36-21-11-2,37-22-12-3)29-19-32(45(38-23-13-4,39-24-14-5)40-25-15-6)30-33(31-34)46(41-26-16-7,42-27-17-8)43-28-18-9/h32-33H,10-31H2,1-9H3. The highest BCUT2D eigenvalue weighted by Gasteiger charge is 2.57. The first kappa shape index (κ1) is 46.2. The van der Waals surface area contributed by atoms with Crippen molar-refractivity contribution in [2.24, 2.45) is 0 Å². The van der Waals surface area contributed by atoms with Crippen LogP contribution in [0.3, 0.4) is 0 Å². The first-order valence-corrected chi connectivity index (χ1v) is 24.2. The molecule has 2 atom stereocenters. The summed E-state index contributed by atoms with van der Waals surface area (Å²) in [7, 11) is -9.94. The molecule has 0 N–H and O–H groups in total. The maximum absolute atomic E-state index is 15.5. The highest BCUT2D eigenvalue weighted by molar-refractivity contribution is 6.65. The van der Waals surface area contributed by atoms with E-state index in [9.17, 15) is 0 Å². The van der Waals surface area contributed by atoms with E-state index in [0.717, 1.165) is 57.8 Å². The molecule has 13 heteroatoms. The van der Waals surface area contributed by atoms with Crippen molar-refractivity contribution in [2.45, 2.75) is 150 Å². The first-order chi connectivity index (χ1) is 22.3. The van der Waals surface area contributed by atoms with Crippen molar-refractivity contribution in [2.75, 3.05) is 66.1 Å². The van der Waals surface area contributed by atoms with Crippen LogP contribution in [0.4, 0.5) is 4.39 Å². The SMILES string of the molecule is CCCO[Si](CCC(CC(CF)[Si](OCCC)(OCCC)OCCC)[Si](OCCC)(OCCC)OCCC)(OCCC)OCCC. The topological polar surface area (TPSA) is 83.1 Å². The van der Waals surface area contributed by atoms with Gasteiger partial charge in [-0.25, -0.2) is 0 Å². The molecule has 0 aliphatic carbocycles. The van der Waals surface area contributed by atoms with Gasteiger partial charge in [-0.15, -0.1) is 0 Å². The van der Waals surface area contributed by atoms with Crippen molar-refractivity contribution in [3.8, 4) is 0 Å². The van der Waals surface area contributed by atoms with Gasteiger partial charge in [-0.3, -0.25) is 4.39 Å². The molecule has 0 aromatic heterocycles. The fourth-order valence-corrected chi connectivity index (χ4v) is 15.1. The van der Waals surface area contributed by atoms with Crippen LogP contribution in [0.2, 0.25) is 17.1 Å². The van der Waals surface area contributed by atoms with Crippen LogP contribution in [0.5, 0.6) is 0 Å². The van der Waals surface area contributed by atoms with E-state index in [1.165, 1.54) is 0 Å². The second-order valence-corrected chi connectivity index (χ2v) is 20.4. The molecule has 46 heavy (non-hydrogen) atoms. The van der Waals surface area contributed by atoms with Crippen LogP contribution in [0.1, 0.15) is 133 Å². The molecule has 0 saturated carbocycles. The molecule has 0 spiro atoms. The molecule has 278 valence electrons. The Balaban J connectivity index is 7.12. The third kappa shape index (κ3) is 17.2. The Labute approximate surface area is 286 Å². The Hall–Kier alpha value is 0.221. The molecule has 0 heterocycles. The van der Waals surface area contributed by atoms with E-state index < -0.39 is 38.6 Å². The predicted molar refractivity (Wildman–Crippen MR) is 191 cm³/mol. The minimum absolute atomic E-state index is 0.266. The molecule has 0 rings (SSSR count). The largest absolute Gasteiger partial charge is 0.506 e. The van der Waals surface area contributed by atoms with E-state index in [4.69, 9.17) is 39.8 Å². The van der Waals surface area contributed by atoms with E-state index in [1.54, 1.807) is 0 Å².